The quantitative estimate of drug-likeness (QED) is 0.315. The van der Waals surface area contributed by atoms with Crippen LogP contribution in [0.3, 0.4) is 0 Å². The number of amidine groups is 1. The average molecular weight is 295 g/mol. The summed E-state index contributed by atoms with van der Waals surface area (Å²) >= 11 is 0. The Morgan fingerprint density at radius 1 is 1.29 bits per heavy atom. The summed E-state index contributed by atoms with van der Waals surface area (Å²) in [6, 6.07) is 0.224. The minimum atomic E-state index is -0.781. The van der Waals surface area contributed by atoms with E-state index < -0.39 is 5.41 Å². The molecule has 0 aromatic heterocycles. The third kappa shape index (κ3) is 3.33. The molecular formula is C16H29N3O2. The molecule has 0 bridgehead atoms. The molecule has 2 saturated carbocycles. The summed E-state index contributed by atoms with van der Waals surface area (Å²) in [7, 11) is 0. The second kappa shape index (κ2) is 7.14. The topological polar surface area (TPSA) is 87.7 Å². The molecule has 0 radical (unpaired) electrons. The molecule has 4 N–H and O–H groups in total. The van der Waals surface area contributed by atoms with Crippen molar-refractivity contribution in [2.45, 2.75) is 77.2 Å². The molecule has 1 amide bonds. The number of rotatable bonds is 5. The van der Waals surface area contributed by atoms with E-state index in [0.717, 1.165) is 19.3 Å². The number of nitrogens with zero attached hydrogens (tertiary/aromatic N) is 1. The van der Waals surface area contributed by atoms with Gasteiger partial charge in [0.1, 0.15) is 5.41 Å². The molecule has 120 valence electrons. The fraction of sp³-hybridized carbons (Fsp3) is 0.875. The van der Waals surface area contributed by atoms with Crippen LogP contribution in [0.4, 0.5) is 0 Å². The van der Waals surface area contributed by atoms with Gasteiger partial charge in [0.2, 0.25) is 5.91 Å². The Morgan fingerprint density at radius 3 is 2.43 bits per heavy atom. The van der Waals surface area contributed by atoms with Crippen molar-refractivity contribution in [2.75, 3.05) is 0 Å². The monoisotopic (exact) mass is 295 g/mol. The zero-order chi connectivity index (χ0) is 15.3. The Labute approximate surface area is 127 Å². The van der Waals surface area contributed by atoms with Gasteiger partial charge < -0.3 is 16.3 Å². The maximum Gasteiger partial charge on any atom is 0.234 e. The summed E-state index contributed by atoms with van der Waals surface area (Å²) in [6.45, 7) is 2.13. The first-order valence-electron chi connectivity index (χ1n) is 8.43. The van der Waals surface area contributed by atoms with Crippen LogP contribution in [0.25, 0.3) is 0 Å². The summed E-state index contributed by atoms with van der Waals surface area (Å²) < 4.78 is 0. The van der Waals surface area contributed by atoms with Crippen molar-refractivity contribution in [2.24, 2.45) is 22.2 Å². The zero-order valence-electron chi connectivity index (χ0n) is 13.1. The van der Waals surface area contributed by atoms with E-state index >= 15 is 0 Å². The molecule has 2 rings (SSSR count). The maximum atomic E-state index is 12.8. The summed E-state index contributed by atoms with van der Waals surface area (Å²) in [6.07, 6.45) is 10.5. The predicted molar refractivity (Wildman–Crippen MR) is 83.1 cm³/mol. The number of hydrogen-bond donors (Lipinski definition) is 3. The lowest BCUT2D eigenvalue weighted by Gasteiger charge is -2.34. The van der Waals surface area contributed by atoms with E-state index in [0.29, 0.717) is 18.8 Å². The van der Waals surface area contributed by atoms with Gasteiger partial charge in [0.25, 0.3) is 0 Å². The Balaban J connectivity index is 2.06. The number of oxime groups is 1. The lowest BCUT2D eigenvalue weighted by molar-refractivity contribution is -0.128. The van der Waals surface area contributed by atoms with Crippen molar-refractivity contribution in [3.63, 3.8) is 0 Å². The van der Waals surface area contributed by atoms with Crippen molar-refractivity contribution in [3.05, 3.63) is 0 Å². The third-order valence-electron chi connectivity index (χ3n) is 5.46. The Kier molecular flexibility index (Phi) is 5.48. The van der Waals surface area contributed by atoms with Crippen molar-refractivity contribution in [3.8, 4) is 0 Å². The fourth-order valence-corrected chi connectivity index (χ4v) is 4.07. The van der Waals surface area contributed by atoms with E-state index in [9.17, 15) is 4.79 Å². The van der Waals surface area contributed by atoms with Crippen LogP contribution in [0.2, 0.25) is 0 Å². The Hall–Kier alpha value is -1.26. The summed E-state index contributed by atoms with van der Waals surface area (Å²) in [5, 5.41) is 15.4. The Bertz CT molecular complexity index is 383. The number of carbonyl (C=O) groups is 1. The van der Waals surface area contributed by atoms with Crippen LogP contribution in [0, 0.1) is 11.3 Å². The van der Waals surface area contributed by atoms with E-state index in [1.165, 1.54) is 32.1 Å². The molecule has 1 atom stereocenters. The average Bonchev–Trinajstić information content (AvgIpc) is 3.03. The summed E-state index contributed by atoms with van der Waals surface area (Å²) in [4.78, 5) is 12.8. The summed E-state index contributed by atoms with van der Waals surface area (Å²) in [5.74, 6) is 0.627. The molecule has 1 unspecified atom stereocenters. The van der Waals surface area contributed by atoms with Crippen molar-refractivity contribution in [1.82, 2.24) is 5.32 Å². The van der Waals surface area contributed by atoms with Crippen LogP contribution in [0.5, 0.6) is 0 Å². The molecule has 2 fully saturated rings. The molecule has 5 heteroatoms. The van der Waals surface area contributed by atoms with Gasteiger partial charge in [0.05, 0.1) is 0 Å². The van der Waals surface area contributed by atoms with Crippen LogP contribution < -0.4 is 11.1 Å². The van der Waals surface area contributed by atoms with Crippen LogP contribution >= 0.6 is 0 Å². The smallest absolute Gasteiger partial charge is 0.234 e. The molecule has 0 aliphatic heterocycles. The van der Waals surface area contributed by atoms with Gasteiger partial charge in [0.15, 0.2) is 5.84 Å². The first-order chi connectivity index (χ1) is 10.1. The van der Waals surface area contributed by atoms with Gasteiger partial charge in [-0.3, -0.25) is 4.79 Å². The van der Waals surface area contributed by atoms with E-state index in [4.69, 9.17) is 10.9 Å². The number of nitrogens with one attached hydrogen (secondary N) is 1. The minimum absolute atomic E-state index is 0.0345. The lowest BCUT2D eigenvalue weighted by Crippen LogP contribution is -2.52. The molecule has 21 heavy (non-hydrogen) atoms. The number of hydrogen-bond acceptors (Lipinski definition) is 3. The Morgan fingerprint density at radius 2 is 1.90 bits per heavy atom. The van der Waals surface area contributed by atoms with E-state index in [-0.39, 0.29) is 17.8 Å². The highest BCUT2D eigenvalue weighted by Gasteiger charge is 2.46. The number of carbonyl (C=O) groups excluding carboxylic acids is 1. The van der Waals surface area contributed by atoms with Gasteiger partial charge in [-0.25, -0.2) is 0 Å². The standard InChI is InChI=1S/C16H29N3O2/c1-2-13(12-8-4-3-5-9-12)18-15(20)16(14(17)19-21)10-6-7-11-16/h12-13,21H,2-11H2,1H3,(H2,17,19)(H,18,20). The second-order valence-electron chi connectivity index (χ2n) is 6.66. The molecule has 0 aromatic rings. The van der Waals surface area contributed by atoms with Crippen LogP contribution in [0.1, 0.15) is 71.1 Å². The largest absolute Gasteiger partial charge is 0.409 e. The highest BCUT2D eigenvalue weighted by molar-refractivity contribution is 6.07. The molecule has 0 saturated heterocycles. The third-order valence-corrected chi connectivity index (χ3v) is 5.46. The van der Waals surface area contributed by atoms with Gasteiger partial charge in [-0.05, 0) is 38.0 Å². The molecular weight excluding hydrogens is 266 g/mol. The van der Waals surface area contributed by atoms with Gasteiger partial charge >= 0.3 is 0 Å². The predicted octanol–water partition coefficient (Wildman–Crippen LogP) is 2.77. The van der Waals surface area contributed by atoms with Crippen molar-refractivity contribution >= 4 is 11.7 Å². The molecule has 0 aromatic carbocycles. The number of nitrogens with two attached hydrogens (primary N) is 1. The van der Waals surface area contributed by atoms with Gasteiger partial charge in [-0.15, -0.1) is 0 Å². The van der Waals surface area contributed by atoms with Gasteiger partial charge in [-0.2, -0.15) is 0 Å². The number of amides is 1. The molecule has 2 aliphatic carbocycles. The maximum absolute atomic E-state index is 12.8. The van der Waals surface area contributed by atoms with Crippen LogP contribution in [0.15, 0.2) is 5.16 Å². The zero-order valence-corrected chi connectivity index (χ0v) is 13.1. The molecule has 0 spiro atoms. The highest BCUT2D eigenvalue weighted by Crippen LogP contribution is 2.39. The van der Waals surface area contributed by atoms with E-state index in [1.54, 1.807) is 0 Å². The fourth-order valence-electron chi connectivity index (χ4n) is 4.07. The summed E-state index contributed by atoms with van der Waals surface area (Å²) in [5.41, 5.74) is 5.07. The van der Waals surface area contributed by atoms with Crippen LogP contribution in [-0.2, 0) is 4.79 Å². The molecule has 0 heterocycles. The normalized spacial score (nSPS) is 24.7. The van der Waals surface area contributed by atoms with Crippen molar-refractivity contribution < 1.29 is 10.0 Å². The van der Waals surface area contributed by atoms with Crippen LogP contribution in [-0.4, -0.2) is 23.0 Å². The first-order valence-corrected chi connectivity index (χ1v) is 8.43. The SMILES string of the molecule is CCC(NC(=O)C1(C(N)=NO)CCCC1)C1CCCCC1. The first kappa shape index (κ1) is 16.1. The lowest BCUT2D eigenvalue weighted by atomic mass is 9.80. The van der Waals surface area contributed by atoms with E-state index in [1.807, 2.05) is 0 Å². The minimum Gasteiger partial charge on any atom is -0.409 e. The molecule has 2 aliphatic rings. The van der Waals surface area contributed by atoms with Crippen molar-refractivity contribution in [1.29, 1.82) is 0 Å². The van der Waals surface area contributed by atoms with Gasteiger partial charge in [0, 0.05) is 6.04 Å². The highest BCUT2D eigenvalue weighted by atomic mass is 16.4. The van der Waals surface area contributed by atoms with Gasteiger partial charge in [-0.1, -0.05) is 44.2 Å². The second-order valence-corrected chi connectivity index (χ2v) is 6.66. The molecule has 5 nitrogen and oxygen atoms in total. The van der Waals surface area contributed by atoms with E-state index in [2.05, 4.69) is 17.4 Å².